The topological polar surface area (TPSA) is 49.9 Å². The Bertz CT molecular complexity index is 976. The predicted molar refractivity (Wildman–Crippen MR) is 101 cm³/mol. The molecule has 0 amide bonds. The van der Waals surface area contributed by atoms with Crippen LogP contribution >= 0.6 is 0 Å². The molecule has 0 radical (unpaired) electrons. The van der Waals surface area contributed by atoms with Crippen molar-refractivity contribution in [3.8, 4) is 0 Å². The lowest BCUT2D eigenvalue weighted by atomic mass is 9.74. The molecule has 2 aromatic carbocycles. The highest BCUT2D eigenvalue weighted by atomic mass is 19.4. The number of hydrogen-bond acceptors (Lipinski definition) is 3. The van der Waals surface area contributed by atoms with Crippen LogP contribution < -0.4 is 5.32 Å². The summed E-state index contributed by atoms with van der Waals surface area (Å²) in [6.45, 7) is 1.97. The Morgan fingerprint density at radius 2 is 1.79 bits per heavy atom. The standard InChI is InChI=1S/C21H21F4N3O/c22-18-3-1-16(2-4-18)20(5-7-26-8-6-20)13-29-12-15-10-17(21(23,24)25)9-14-11-27-28-19(14)15/h1-4,9-11,26H,5-8,12-13H2,(H,27,28). The maximum absolute atomic E-state index is 13.4. The van der Waals surface area contributed by atoms with E-state index >= 15 is 0 Å². The molecule has 29 heavy (non-hydrogen) atoms. The number of nitrogens with zero attached hydrogens (tertiary/aromatic N) is 1. The van der Waals surface area contributed by atoms with Gasteiger partial charge in [0.1, 0.15) is 5.82 Å². The molecule has 1 saturated heterocycles. The summed E-state index contributed by atoms with van der Waals surface area (Å²) < 4.78 is 59.0. The molecule has 154 valence electrons. The van der Waals surface area contributed by atoms with E-state index in [4.69, 9.17) is 4.74 Å². The van der Waals surface area contributed by atoms with Gasteiger partial charge in [0.15, 0.2) is 0 Å². The number of halogens is 4. The van der Waals surface area contributed by atoms with Crippen LogP contribution in [0.3, 0.4) is 0 Å². The molecule has 0 spiro atoms. The van der Waals surface area contributed by atoms with Gasteiger partial charge >= 0.3 is 6.18 Å². The average molecular weight is 407 g/mol. The van der Waals surface area contributed by atoms with Gasteiger partial charge in [0, 0.05) is 16.4 Å². The van der Waals surface area contributed by atoms with E-state index in [-0.39, 0.29) is 17.8 Å². The summed E-state index contributed by atoms with van der Waals surface area (Å²) in [6.07, 6.45) is -1.45. The lowest BCUT2D eigenvalue weighted by molar-refractivity contribution is -0.137. The molecule has 0 saturated carbocycles. The van der Waals surface area contributed by atoms with Gasteiger partial charge in [-0.25, -0.2) is 4.39 Å². The molecule has 0 bridgehead atoms. The molecule has 4 rings (SSSR count). The second-order valence-electron chi connectivity index (χ2n) is 7.50. The Hall–Kier alpha value is -2.45. The van der Waals surface area contributed by atoms with Crippen molar-refractivity contribution in [1.82, 2.24) is 15.5 Å². The maximum atomic E-state index is 13.4. The van der Waals surface area contributed by atoms with Crippen LogP contribution in [0.2, 0.25) is 0 Å². The largest absolute Gasteiger partial charge is 0.416 e. The van der Waals surface area contributed by atoms with E-state index in [0.29, 0.717) is 23.1 Å². The smallest absolute Gasteiger partial charge is 0.376 e. The Morgan fingerprint density at radius 1 is 1.07 bits per heavy atom. The quantitative estimate of drug-likeness (QED) is 0.610. The minimum Gasteiger partial charge on any atom is -0.376 e. The number of H-pyrrole nitrogens is 1. The van der Waals surface area contributed by atoms with Crippen LogP contribution in [-0.2, 0) is 22.9 Å². The van der Waals surface area contributed by atoms with Crippen molar-refractivity contribution in [1.29, 1.82) is 0 Å². The van der Waals surface area contributed by atoms with Crippen LogP contribution in [0.1, 0.15) is 29.5 Å². The van der Waals surface area contributed by atoms with Gasteiger partial charge < -0.3 is 10.1 Å². The third kappa shape index (κ3) is 4.13. The molecule has 3 aromatic rings. The number of fused-ring (bicyclic) bond motifs is 1. The highest BCUT2D eigenvalue weighted by Gasteiger charge is 2.35. The molecule has 2 N–H and O–H groups in total. The Kier molecular flexibility index (Phi) is 5.31. The first-order valence-electron chi connectivity index (χ1n) is 9.45. The van der Waals surface area contributed by atoms with E-state index in [1.54, 1.807) is 12.1 Å². The highest BCUT2D eigenvalue weighted by Crippen LogP contribution is 2.36. The number of rotatable bonds is 5. The van der Waals surface area contributed by atoms with Gasteiger partial charge in [0.05, 0.1) is 30.5 Å². The van der Waals surface area contributed by atoms with Gasteiger partial charge in [-0.3, -0.25) is 5.10 Å². The van der Waals surface area contributed by atoms with Crippen LogP contribution in [0.5, 0.6) is 0 Å². The molecular formula is C21H21F4N3O. The van der Waals surface area contributed by atoms with E-state index in [1.807, 2.05) is 0 Å². The lowest BCUT2D eigenvalue weighted by Gasteiger charge is -2.38. The molecule has 0 aliphatic carbocycles. The number of ether oxygens (including phenoxy) is 1. The number of alkyl halides is 3. The number of benzene rings is 2. The fraction of sp³-hybridized carbons (Fsp3) is 0.381. The van der Waals surface area contributed by atoms with Crippen LogP contribution in [-0.4, -0.2) is 29.9 Å². The van der Waals surface area contributed by atoms with E-state index in [2.05, 4.69) is 15.5 Å². The minimum absolute atomic E-state index is 0.0268. The number of aromatic nitrogens is 2. The molecular weight excluding hydrogens is 386 g/mol. The summed E-state index contributed by atoms with van der Waals surface area (Å²) in [5.74, 6) is -0.302. The molecule has 0 unspecified atom stereocenters. The predicted octanol–water partition coefficient (Wildman–Crippen LogP) is 4.56. The van der Waals surface area contributed by atoms with Crippen molar-refractivity contribution >= 4 is 10.9 Å². The van der Waals surface area contributed by atoms with Crippen LogP contribution in [0.4, 0.5) is 17.6 Å². The second kappa shape index (κ2) is 7.76. The van der Waals surface area contributed by atoms with Gasteiger partial charge in [-0.05, 0) is 55.8 Å². The van der Waals surface area contributed by atoms with E-state index in [1.165, 1.54) is 18.3 Å². The lowest BCUT2D eigenvalue weighted by Crippen LogP contribution is -2.43. The summed E-state index contributed by atoms with van der Waals surface area (Å²) in [5, 5.41) is 10.3. The van der Waals surface area contributed by atoms with Crippen molar-refractivity contribution in [2.45, 2.75) is 31.0 Å². The van der Waals surface area contributed by atoms with E-state index in [9.17, 15) is 17.6 Å². The second-order valence-corrected chi connectivity index (χ2v) is 7.50. The molecule has 8 heteroatoms. The summed E-state index contributed by atoms with van der Waals surface area (Å²) in [4.78, 5) is 0. The fourth-order valence-corrected chi connectivity index (χ4v) is 3.99. The first kappa shape index (κ1) is 19.8. The van der Waals surface area contributed by atoms with Gasteiger partial charge in [0.25, 0.3) is 0 Å². The molecule has 4 nitrogen and oxygen atoms in total. The zero-order valence-electron chi connectivity index (χ0n) is 15.7. The van der Waals surface area contributed by atoms with Crippen molar-refractivity contribution in [2.24, 2.45) is 0 Å². The molecule has 2 heterocycles. The minimum atomic E-state index is -4.44. The SMILES string of the molecule is Fc1ccc(C2(COCc3cc(C(F)(F)F)cc4cn[nH]c34)CCNCC2)cc1. The normalized spacial score (nSPS) is 17.0. The van der Waals surface area contributed by atoms with Crippen molar-refractivity contribution in [2.75, 3.05) is 19.7 Å². The number of hydrogen-bond donors (Lipinski definition) is 2. The Morgan fingerprint density at radius 3 is 2.48 bits per heavy atom. The maximum Gasteiger partial charge on any atom is 0.416 e. The van der Waals surface area contributed by atoms with Crippen LogP contribution in [0.15, 0.2) is 42.6 Å². The van der Waals surface area contributed by atoms with Crippen molar-refractivity contribution in [3.63, 3.8) is 0 Å². The first-order chi connectivity index (χ1) is 13.9. The number of nitrogens with one attached hydrogen (secondary N) is 2. The van der Waals surface area contributed by atoms with Crippen LogP contribution in [0, 0.1) is 5.82 Å². The monoisotopic (exact) mass is 407 g/mol. The molecule has 1 aliphatic heterocycles. The van der Waals surface area contributed by atoms with Gasteiger partial charge in [0.2, 0.25) is 0 Å². The average Bonchev–Trinajstić information content (AvgIpc) is 3.17. The third-order valence-electron chi connectivity index (χ3n) is 5.61. The van der Waals surface area contributed by atoms with E-state index < -0.39 is 11.7 Å². The van der Waals surface area contributed by atoms with E-state index in [0.717, 1.165) is 43.6 Å². The van der Waals surface area contributed by atoms with Gasteiger partial charge in [-0.1, -0.05) is 12.1 Å². The molecule has 1 aliphatic rings. The number of piperidine rings is 1. The zero-order chi connectivity index (χ0) is 20.5. The van der Waals surface area contributed by atoms with Crippen LogP contribution in [0.25, 0.3) is 10.9 Å². The summed E-state index contributed by atoms with van der Waals surface area (Å²) in [7, 11) is 0. The molecule has 1 aromatic heterocycles. The third-order valence-corrected chi connectivity index (χ3v) is 5.61. The van der Waals surface area contributed by atoms with Crippen molar-refractivity contribution < 1.29 is 22.3 Å². The highest BCUT2D eigenvalue weighted by molar-refractivity contribution is 5.82. The number of aromatic amines is 1. The Labute approximate surface area is 165 Å². The van der Waals surface area contributed by atoms with Crippen molar-refractivity contribution in [3.05, 3.63) is 65.1 Å². The molecule has 1 fully saturated rings. The summed E-state index contributed by atoms with van der Waals surface area (Å²) in [6, 6.07) is 8.57. The Balaban J connectivity index is 1.56. The summed E-state index contributed by atoms with van der Waals surface area (Å²) in [5.41, 5.74) is 0.916. The zero-order valence-corrected chi connectivity index (χ0v) is 15.7. The van der Waals surface area contributed by atoms with Gasteiger partial charge in [-0.2, -0.15) is 18.3 Å². The van der Waals surface area contributed by atoms with Gasteiger partial charge in [-0.15, -0.1) is 0 Å². The first-order valence-corrected chi connectivity index (χ1v) is 9.45. The fourth-order valence-electron chi connectivity index (χ4n) is 3.99. The molecule has 0 atom stereocenters. The summed E-state index contributed by atoms with van der Waals surface area (Å²) >= 11 is 0.